The number of hydrogen-bond donors (Lipinski definition) is 2. The van der Waals surface area contributed by atoms with E-state index >= 15 is 0 Å². The van der Waals surface area contributed by atoms with Crippen LogP contribution in [0.5, 0.6) is 0 Å². The van der Waals surface area contributed by atoms with Crippen LogP contribution >= 0.6 is 12.4 Å². The van der Waals surface area contributed by atoms with Crippen molar-refractivity contribution in [2.45, 2.75) is 32.1 Å². The molecule has 2 amide bonds. The van der Waals surface area contributed by atoms with Crippen LogP contribution in [0, 0.1) is 0 Å². The lowest BCUT2D eigenvalue weighted by atomic mass is 10.1. The van der Waals surface area contributed by atoms with Crippen LogP contribution in [-0.2, 0) is 4.79 Å². The van der Waals surface area contributed by atoms with Crippen molar-refractivity contribution >= 4 is 29.9 Å². The van der Waals surface area contributed by atoms with Crippen molar-refractivity contribution in [3.63, 3.8) is 0 Å². The number of nitrogens with zero attached hydrogens (tertiary/aromatic N) is 1. The average molecular weight is 340 g/mol. The van der Waals surface area contributed by atoms with Gasteiger partial charge in [0.1, 0.15) is 0 Å². The summed E-state index contributed by atoms with van der Waals surface area (Å²) in [6, 6.07) is 7.17. The fourth-order valence-corrected chi connectivity index (χ4v) is 2.61. The van der Waals surface area contributed by atoms with Crippen molar-refractivity contribution in [3.05, 3.63) is 29.8 Å². The number of benzene rings is 1. The first-order chi connectivity index (χ1) is 10.7. The van der Waals surface area contributed by atoms with Gasteiger partial charge >= 0.3 is 0 Å². The van der Waals surface area contributed by atoms with Crippen LogP contribution in [0.25, 0.3) is 0 Å². The molecule has 1 aliphatic rings. The first kappa shape index (κ1) is 19.5. The molecule has 1 aliphatic heterocycles. The summed E-state index contributed by atoms with van der Waals surface area (Å²) in [5, 5.41) is 5.77. The van der Waals surface area contributed by atoms with Gasteiger partial charge in [-0.3, -0.25) is 9.59 Å². The molecule has 128 valence electrons. The van der Waals surface area contributed by atoms with Crippen molar-refractivity contribution in [1.29, 1.82) is 0 Å². The highest BCUT2D eigenvalue weighted by Gasteiger charge is 2.17. The van der Waals surface area contributed by atoms with Gasteiger partial charge in [-0.2, -0.15) is 0 Å². The maximum absolute atomic E-state index is 12.5. The molecule has 0 radical (unpaired) electrons. The Kier molecular flexibility index (Phi) is 8.66. The van der Waals surface area contributed by atoms with Gasteiger partial charge in [-0.25, -0.2) is 0 Å². The van der Waals surface area contributed by atoms with Gasteiger partial charge in [-0.1, -0.05) is 12.8 Å². The molecule has 0 spiro atoms. The largest absolute Gasteiger partial charge is 0.339 e. The molecule has 2 N–H and O–H groups in total. The summed E-state index contributed by atoms with van der Waals surface area (Å²) in [7, 11) is 1.82. The second-order valence-electron chi connectivity index (χ2n) is 5.69. The number of hydrogen-bond acceptors (Lipinski definition) is 3. The van der Waals surface area contributed by atoms with Crippen LogP contribution in [0.3, 0.4) is 0 Å². The van der Waals surface area contributed by atoms with E-state index in [1.54, 1.807) is 24.3 Å². The molecule has 23 heavy (non-hydrogen) atoms. The average Bonchev–Trinajstić information content (AvgIpc) is 2.82. The summed E-state index contributed by atoms with van der Waals surface area (Å²) in [5.41, 5.74) is 1.42. The Morgan fingerprint density at radius 1 is 1.04 bits per heavy atom. The van der Waals surface area contributed by atoms with Gasteiger partial charge in [-0.05, 0) is 44.2 Å². The van der Waals surface area contributed by atoms with E-state index in [0.717, 1.165) is 31.6 Å². The molecule has 1 fully saturated rings. The minimum atomic E-state index is -0.0269. The molecule has 5 nitrogen and oxygen atoms in total. The molecule has 1 aromatic carbocycles. The van der Waals surface area contributed by atoms with E-state index in [1.807, 2.05) is 11.9 Å². The highest BCUT2D eigenvalue weighted by molar-refractivity contribution is 5.95. The zero-order chi connectivity index (χ0) is 15.8. The SMILES string of the molecule is CNCCC(=O)Nc1ccc(C(=O)N2CCCCCC2)cc1.Cl. The van der Waals surface area contributed by atoms with Crippen LogP contribution in [-0.4, -0.2) is 43.4 Å². The second-order valence-corrected chi connectivity index (χ2v) is 5.69. The van der Waals surface area contributed by atoms with E-state index in [1.165, 1.54) is 12.8 Å². The first-order valence-corrected chi connectivity index (χ1v) is 8.04. The quantitative estimate of drug-likeness (QED) is 0.867. The Morgan fingerprint density at radius 2 is 1.65 bits per heavy atom. The molecule has 0 unspecified atom stereocenters. The summed E-state index contributed by atoms with van der Waals surface area (Å²) in [6.07, 6.45) is 5.03. The van der Waals surface area contributed by atoms with E-state index in [2.05, 4.69) is 10.6 Å². The zero-order valence-corrected chi connectivity index (χ0v) is 14.5. The predicted octanol–water partition coefficient (Wildman–Crippen LogP) is 2.67. The van der Waals surface area contributed by atoms with Gasteiger partial charge in [-0.15, -0.1) is 12.4 Å². The molecule has 0 bridgehead atoms. The van der Waals surface area contributed by atoms with Gasteiger partial charge < -0.3 is 15.5 Å². The van der Waals surface area contributed by atoms with Crippen molar-refractivity contribution in [3.8, 4) is 0 Å². The van der Waals surface area contributed by atoms with Crippen molar-refractivity contribution in [1.82, 2.24) is 10.2 Å². The number of rotatable bonds is 5. The molecular formula is C17H26ClN3O2. The number of likely N-dealkylation sites (tertiary alicyclic amines) is 1. The summed E-state index contributed by atoms with van der Waals surface area (Å²) >= 11 is 0. The maximum atomic E-state index is 12.5. The van der Waals surface area contributed by atoms with Crippen molar-refractivity contribution in [2.75, 3.05) is 32.0 Å². The van der Waals surface area contributed by atoms with Crippen LogP contribution in [0.15, 0.2) is 24.3 Å². The van der Waals surface area contributed by atoms with E-state index < -0.39 is 0 Å². The second kappa shape index (κ2) is 10.2. The summed E-state index contributed by atoms with van der Waals surface area (Å²) in [4.78, 5) is 26.0. The lowest BCUT2D eigenvalue weighted by molar-refractivity contribution is -0.116. The lowest BCUT2D eigenvalue weighted by Gasteiger charge is -2.20. The number of anilines is 1. The number of halogens is 1. The highest BCUT2D eigenvalue weighted by atomic mass is 35.5. The maximum Gasteiger partial charge on any atom is 0.253 e. The topological polar surface area (TPSA) is 61.4 Å². The van der Waals surface area contributed by atoms with Crippen LogP contribution in [0.2, 0.25) is 0 Å². The van der Waals surface area contributed by atoms with Crippen LogP contribution in [0.4, 0.5) is 5.69 Å². The Balaban J connectivity index is 0.00000264. The minimum absolute atomic E-state index is 0. The van der Waals surface area contributed by atoms with Crippen LogP contribution < -0.4 is 10.6 Å². The molecule has 0 saturated carbocycles. The van der Waals surface area contributed by atoms with E-state index in [9.17, 15) is 9.59 Å². The molecule has 6 heteroatoms. The molecule has 1 aromatic rings. The van der Waals surface area contributed by atoms with E-state index in [0.29, 0.717) is 18.5 Å². The summed E-state index contributed by atoms with van der Waals surface area (Å²) < 4.78 is 0. The third kappa shape index (κ3) is 6.20. The predicted molar refractivity (Wildman–Crippen MR) is 95.2 cm³/mol. The van der Waals surface area contributed by atoms with Gasteiger partial charge in [0, 0.05) is 37.3 Å². The van der Waals surface area contributed by atoms with Crippen molar-refractivity contribution in [2.24, 2.45) is 0 Å². The standard InChI is InChI=1S/C17H25N3O2.ClH/c1-18-11-10-16(21)19-15-8-6-14(7-9-15)17(22)20-12-4-2-3-5-13-20;/h6-9,18H,2-5,10-13H2,1H3,(H,19,21);1H. The smallest absolute Gasteiger partial charge is 0.253 e. The molecule has 0 atom stereocenters. The molecular weight excluding hydrogens is 314 g/mol. The number of carbonyl (C=O) groups excluding carboxylic acids is 2. The minimum Gasteiger partial charge on any atom is -0.339 e. The Labute approximate surface area is 144 Å². The van der Waals surface area contributed by atoms with Gasteiger partial charge in [0.25, 0.3) is 5.91 Å². The van der Waals surface area contributed by atoms with E-state index in [4.69, 9.17) is 0 Å². The third-order valence-corrected chi connectivity index (χ3v) is 3.91. The Hall–Kier alpha value is -1.59. The first-order valence-electron chi connectivity index (χ1n) is 8.04. The molecule has 1 saturated heterocycles. The van der Waals surface area contributed by atoms with Crippen LogP contribution in [0.1, 0.15) is 42.5 Å². The molecule has 0 aromatic heterocycles. The van der Waals surface area contributed by atoms with E-state index in [-0.39, 0.29) is 24.2 Å². The molecule has 2 rings (SSSR count). The zero-order valence-electron chi connectivity index (χ0n) is 13.6. The van der Waals surface area contributed by atoms with Crippen molar-refractivity contribution < 1.29 is 9.59 Å². The monoisotopic (exact) mass is 339 g/mol. The number of amides is 2. The number of nitrogens with one attached hydrogen (secondary N) is 2. The Bertz CT molecular complexity index is 497. The van der Waals surface area contributed by atoms with Gasteiger partial charge in [0.2, 0.25) is 5.91 Å². The Morgan fingerprint density at radius 3 is 2.22 bits per heavy atom. The van der Waals surface area contributed by atoms with Gasteiger partial charge in [0.15, 0.2) is 0 Å². The molecule has 1 heterocycles. The summed E-state index contributed by atoms with van der Waals surface area (Å²) in [6.45, 7) is 2.35. The highest BCUT2D eigenvalue weighted by Crippen LogP contribution is 2.15. The summed E-state index contributed by atoms with van der Waals surface area (Å²) in [5.74, 6) is 0.0657. The molecule has 0 aliphatic carbocycles. The lowest BCUT2D eigenvalue weighted by Crippen LogP contribution is -2.31. The fourth-order valence-electron chi connectivity index (χ4n) is 2.61. The number of carbonyl (C=O) groups is 2. The normalized spacial score (nSPS) is 14.6. The van der Waals surface area contributed by atoms with Gasteiger partial charge in [0.05, 0.1) is 0 Å². The third-order valence-electron chi connectivity index (χ3n) is 3.91. The fraction of sp³-hybridized carbons (Fsp3) is 0.529.